The van der Waals surface area contributed by atoms with Gasteiger partial charge in [0.2, 0.25) is 0 Å². The van der Waals surface area contributed by atoms with Crippen molar-refractivity contribution in [2.45, 2.75) is 26.2 Å². The topological polar surface area (TPSA) is 27.6 Å². The average molecular weight is 426 g/mol. The fraction of sp³-hybridized carbons (Fsp3) is 0.533. The Kier molecular flexibility index (Phi) is 8.33. The number of rotatable bonds is 4. The zero-order valence-electron chi connectivity index (χ0n) is 12.2. The molecule has 2 rings (SSSR count). The van der Waals surface area contributed by atoms with Gasteiger partial charge in [0, 0.05) is 31.2 Å². The molecule has 0 spiro atoms. The van der Waals surface area contributed by atoms with Crippen molar-refractivity contribution in [3.8, 4) is 0 Å². The number of hydrogen-bond donors (Lipinski definition) is 1. The number of aliphatic imine (C=N–C) groups is 1. The Labute approximate surface area is 148 Å². The van der Waals surface area contributed by atoms with Crippen LogP contribution < -0.4 is 5.32 Å². The first-order chi connectivity index (χ1) is 9.70. The van der Waals surface area contributed by atoms with E-state index in [0.29, 0.717) is 11.6 Å². The van der Waals surface area contributed by atoms with Gasteiger partial charge in [-0.1, -0.05) is 17.7 Å². The molecular formula is C15H22ClFIN3. The molecule has 118 valence electrons. The van der Waals surface area contributed by atoms with Crippen molar-refractivity contribution in [3.05, 3.63) is 34.6 Å². The number of benzene rings is 1. The molecule has 1 aliphatic heterocycles. The van der Waals surface area contributed by atoms with E-state index in [0.717, 1.165) is 37.6 Å². The number of hydrogen-bond acceptors (Lipinski definition) is 1. The lowest BCUT2D eigenvalue weighted by molar-refractivity contribution is 0.494. The van der Waals surface area contributed by atoms with Crippen LogP contribution >= 0.6 is 35.6 Å². The molecule has 0 atom stereocenters. The van der Waals surface area contributed by atoms with Crippen molar-refractivity contribution in [3.63, 3.8) is 0 Å². The van der Waals surface area contributed by atoms with Gasteiger partial charge in [-0.2, -0.15) is 0 Å². The van der Waals surface area contributed by atoms with Crippen LogP contribution in [0.2, 0.25) is 5.02 Å². The summed E-state index contributed by atoms with van der Waals surface area (Å²) in [5.41, 5.74) is 0.939. The number of nitrogens with one attached hydrogen (secondary N) is 1. The third-order valence-electron chi connectivity index (χ3n) is 3.40. The molecule has 1 fully saturated rings. The molecule has 0 amide bonds. The van der Waals surface area contributed by atoms with Crippen LogP contribution in [0.5, 0.6) is 0 Å². The normalized spacial score (nSPS) is 15.0. The fourth-order valence-electron chi connectivity index (χ4n) is 2.36. The third-order valence-corrected chi connectivity index (χ3v) is 3.75. The van der Waals surface area contributed by atoms with E-state index >= 15 is 0 Å². The van der Waals surface area contributed by atoms with Crippen LogP contribution in [0.4, 0.5) is 4.39 Å². The van der Waals surface area contributed by atoms with Crippen molar-refractivity contribution in [1.29, 1.82) is 0 Å². The maximum Gasteiger partial charge on any atom is 0.193 e. The molecule has 1 aromatic rings. The second-order valence-corrected chi connectivity index (χ2v) is 5.32. The van der Waals surface area contributed by atoms with E-state index in [1.54, 1.807) is 6.07 Å². The largest absolute Gasteiger partial charge is 0.357 e. The fourth-order valence-corrected chi connectivity index (χ4v) is 2.62. The number of guanidine groups is 1. The van der Waals surface area contributed by atoms with E-state index in [2.05, 4.69) is 22.1 Å². The molecule has 1 saturated heterocycles. The highest BCUT2D eigenvalue weighted by molar-refractivity contribution is 14.0. The molecular weight excluding hydrogens is 404 g/mol. The minimum atomic E-state index is -0.298. The van der Waals surface area contributed by atoms with Crippen LogP contribution in [0.25, 0.3) is 0 Å². The van der Waals surface area contributed by atoms with Gasteiger partial charge < -0.3 is 10.2 Å². The van der Waals surface area contributed by atoms with E-state index in [4.69, 9.17) is 11.6 Å². The molecule has 1 N–H and O–H groups in total. The van der Waals surface area contributed by atoms with Crippen LogP contribution in [0, 0.1) is 5.82 Å². The molecule has 0 bridgehead atoms. The van der Waals surface area contributed by atoms with Crippen LogP contribution in [0.1, 0.15) is 25.3 Å². The van der Waals surface area contributed by atoms with Crippen molar-refractivity contribution >= 4 is 41.5 Å². The highest BCUT2D eigenvalue weighted by Gasteiger charge is 2.15. The van der Waals surface area contributed by atoms with Crippen LogP contribution in [0.3, 0.4) is 0 Å². The van der Waals surface area contributed by atoms with Crippen LogP contribution in [-0.2, 0) is 6.42 Å². The number of likely N-dealkylation sites (tertiary alicyclic amines) is 1. The van der Waals surface area contributed by atoms with Crippen molar-refractivity contribution in [1.82, 2.24) is 10.2 Å². The van der Waals surface area contributed by atoms with Gasteiger partial charge in [0.15, 0.2) is 5.96 Å². The summed E-state index contributed by atoms with van der Waals surface area (Å²) in [7, 11) is 0. The second kappa shape index (κ2) is 9.46. The molecule has 21 heavy (non-hydrogen) atoms. The molecule has 0 unspecified atom stereocenters. The standard InChI is InChI=1S/C15H21ClFN3.HI/c1-2-18-15(20-9-3-4-10-20)19-8-7-12-5-6-13(17)11-14(12)16;/h5-6,11H,2-4,7-10H2,1H3,(H,18,19);1H. The van der Waals surface area contributed by atoms with E-state index in [9.17, 15) is 4.39 Å². The molecule has 0 radical (unpaired) electrons. The first kappa shape index (κ1) is 18.5. The Morgan fingerprint density at radius 2 is 2.10 bits per heavy atom. The van der Waals surface area contributed by atoms with Gasteiger partial charge in [-0.25, -0.2) is 4.39 Å². The predicted octanol–water partition coefficient (Wildman–Crippen LogP) is 3.70. The maximum absolute atomic E-state index is 13.0. The average Bonchev–Trinajstić information content (AvgIpc) is 2.94. The highest BCUT2D eigenvalue weighted by Crippen LogP contribution is 2.17. The molecule has 1 heterocycles. The lowest BCUT2D eigenvalue weighted by atomic mass is 10.1. The summed E-state index contributed by atoms with van der Waals surface area (Å²) in [6.45, 7) is 5.74. The summed E-state index contributed by atoms with van der Waals surface area (Å²) in [5.74, 6) is 0.677. The monoisotopic (exact) mass is 425 g/mol. The van der Waals surface area contributed by atoms with Gasteiger partial charge >= 0.3 is 0 Å². The quantitative estimate of drug-likeness (QED) is 0.452. The highest BCUT2D eigenvalue weighted by atomic mass is 127. The predicted molar refractivity (Wildman–Crippen MR) is 97.3 cm³/mol. The van der Waals surface area contributed by atoms with Crippen LogP contribution in [0.15, 0.2) is 23.2 Å². The third kappa shape index (κ3) is 5.62. The Morgan fingerprint density at radius 3 is 2.71 bits per heavy atom. The Morgan fingerprint density at radius 1 is 1.38 bits per heavy atom. The molecule has 1 aliphatic rings. The first-order valence-electron chi connectivity index (χ1n) is 7.18. The zero-order chi connectivity index (χ0) is 14.4. The van der Waals surface area contributed by atoms with E-state index < -0.39 is 0 Å². The first-order valence-corrected chi connectivity index (χ1v) is 7.55. The van der Waals surface area contributed by atoms with Gasteiger partial charge in [0.25, 0.3) is 0 Å². The lowest BCUT2D eigenvalue weighted by Crippen LogP contribution is -2.39. The zero-order valence-corrected chi connectivity index (χ0v) is 15.3. The molecule has 0 aromatic heterocycles. The minimum absolute atomic E-state index is 0. The molecule has 6 heteroatoms. The van der Waals surface area contributed by atoms with Crippen molar-refractivity contribution < 1.29 is 4.39 Å². The van der Waals surface area contributed by atoms with E-state index in [-0.39, 0.29) is 29.8 Å². The Hall–Kier alpha value is -0.560. The van der Waals surface area contributed by atoms with E-state index in [1.165, 1.54) is 25.0 Å². The second-order valence-electron chi connectivity index (χ2n) is 4.92. The molecule has 1 aromatic carbocycles. The number of nitrogens with zero attached hydrogens (tertiary/aromatic N) is 2. The van der Waals surface area contributed by atoms with Gasteiger partial charge in [0.1, 0.15) is 5.82 Å². The summed E-state index contributed by atoms with van der Waals surface area (Å²) in [6, 6.07) is 4.53. The summed E-state index contributed by atoms with van der Waals surface area (Å²) in [6.07, 6.45) is 3.18. The number of halogens is 3. The summed E-state index contributed by atoms with van der Waals surface area (Å²) in [5, 5.41) is 3.80. The Bertz CT molecular complexity index is 476. The van der Waals surface area contributed by atoms with Gasteiger partial charge in [-0.05, 0) is 43.9 Å². The minimum Gasteiger partial charge on any atom is -0.357 e. The Balaban J connectivity index is 0.00000220. The molecule has 0 aliphatic carbocycles. The van der Waals surface area contributed by atoms with Gasteiger partial charge in [-0.3, -0.25) is 4.99 Å². The molecule has 3 nitrogen and oxygen atoms in total. The van der Waals surface area contributed by atoms with Gasteiger partial charge in [-0.15, -0.1) is 24.0 Å². The van der Waals surface area contributed by atoms with Crippen molar-refractivity contribution in [2.24, 2.45) is 4.99 Å². The maximum atomic E-state index is 13.0. The smallest absolute Gasteiger partial charge is 0.193 e. The van der Waals surface area contributed by atoms with Gasteiger partial charge in [0.05, 0.1) is 0 Å². The van der Waals surface area contributed by atoms with E-state index in [1.807, 2.05) is 0 Å². The summed E-state index contributed by atoms with van der Waals surface area (Å²) < 4.78 is 13.0. The van der Waals surface area contributed by atoms with Crippen LogP contribution in [-0.4, -0.2) is 37.0 Å². The lowest BCUT2D eigenvalue weighted by Gasteiger charge is -2.20. The summed E-state index contributed by atoms with van der Waals surface area (Å²) in [4.78, 5) is 6.92. The SMILES string of the molecule is CCNC(=NCCc1ccc(F)cc1Cl)N1CCCC1.I. The summed E-state index contributed by atoms with van der Waals surface area (Å²) >= 11 is 6.02. The molecule has 0 saturated carbocycles. The van der Waals surface area contributed by atoms with Crippen molar-refractivity contribution in [2.75, 3.05) is 26.2 Å².